The maximum atomic E-state index is 13.7. The van der Waals surface area contributed by atoms with Crippen molar-refractivity contribution in [1.82, 2.24) is 5.32 Å². The fourth-order valence-electron chi connectivity index (χ4n) is 4.92. The molecule has 2 aromatic carbocycles. The number of carbonyl (C=O) groups is 2. The number of allylic oxidation sites excluding steroid dienone is 3. The van der Waals surface area contributed by atoms with Crippen LogP contribution in [0.5, 0.6) is 11.5 Å². The topological polar surface area (TPSA) is 73.9 Å². The van der Waals surface area contributed by atoms with E-state index in [0.29, 0.717) is 59.2 Å². The van der Waals surface area contributed by atoms with E-state index >= 15 is 0 Å². The Hall–Kier alpha value is -3.25. The van der Waals surface area contributed by atoms with Crippen LogP contribution < -0.4 is 14.8 Å². The molecule has 0 saturated heterocycles. The predicted octanol–water partition coefficient (Wildman–Crippen LogP) is 5.67. The molecule has 2 aliphatic rings. The maximum absolute atomic E-state index is 13.7. The number of methoxy groups -OCH3 is 2. The third kappa shape index (κ3) is 4.94. The van der Waals surface area contributed by atoms with Crippen molar-refractivity contribution >= 4 is 23.4 Å². The monoisotopic (exact) mass is 495 g/mol. The van der Waals surface area contributed by atoms with E-state index in [1.165, 1.54) is 0 Å². The molecule has 0 bridgehead atoms. The molecule has 1 aliphatic heterocycles. The molecule has 35 heavy (non-hydrogen) atoms. The molecule has 6 nitrogen and oxygen atoms in total. The van der Waals surface area contributed by atoms with Gasteiger partial charge in [0.15, 0.2) is 5.78 Å². The van der Waals surface area contributed by atoms with Crippen molar-refractivity contribution in [2.24, 2.45) is 0 Å². The average Bonchev–Trinajstić information content (AvgIpc) is 2.86. The number of ether oxygens (including phenoxy) is 3. The maximum Gasteiger partial charge on any atom is 0.336 e. The van der Waals surface area contributed by atoms with E-state index in [1.54, 1.807) is 20.3 Å². The first-order chi connectivity index (χ1) is 16.9. The summed E-state index contributed by atoms with van der Waals surface area (Å²) in [5.41, 5.74) is 4.31. The number of hydrogen-bond donors (Lipinski definition) is 1. The predicted molar refractivity (Wildman–Crippen MR) is 135 cm³/mol. The lowest BCUT2D eigenvalue weighted by Crippen LogP contribution is -2.36. The van der Waals surface area contributed by atoms with E-state index in [2.05, 4.69) is 5.32 Å². The van der Waals surface area contributed by atoms with Crippen molar-refractivity contribution in [3.63, 3.8) is 0 Å². The molecule has 0 spiro atoms. The average molecular weight is 496 g/mol. The molecule has 1 heterocycles. The Morgan fingerprint density at radius 2 is 1.83 bits per heavy atom. The van der Waals surface area contributed by atoms with Crippen LogP contribution in [-0.4, -0.2) is 32.6 Å². The zero-order valence-corrected chi connectivity index (χ0v) is 21.2. The summed E-state index contributed by atoms with van der Waals surface area (Å²) in [6.45, 7) is 4.10. The summed E-state index contributed by atoms with van der Waals surface area (Å²) in [5.74, 6) is 0.154. The van der Waals surface area contributed by atoms with Gasteiger partial charge in [-0.1, -0.05) is 36.7 Å². The molecule has 0 saturated carbocycles. The molecule has 4 rings (SSSR count). The van der Waals surface area contributed by atoms with Gasteiger partial charge in [-0.25, -0.2) is 4.79 Å². The van der Waals surface area contributed by atoms with Crippen molar-refractivity contribution < 1.29 is 23.8 Å². The summed E-state index contributed by atoms with van der Waals surface area (Å²) in [5, 5.41) is 4.03. The van der Waals surface area contributed by atoms with Crippen LogP contribution in [0.4, 0.5) is 0 Å². The Morgan fingerprint density at radius 1 is 1.09 bits per heavy atom. The van der Waals surface area contributed by atoms with Gasteiger partial charge < -0.3 is 19.5 Å². The smallest absolute Gasteiger partial charge is 0.336 e. The van der Waals surface area contributed by atoms with Gasteiger partial charge >= 0.3 is 5.97 Å². The minimum Gasteiger partial charge on any atom is -0.497 e. The lowest BCUT2D eigenvalue weighted by atomic mass is 9.71. The Morgan fingerprint density at radius 3 is 2.49 bits per heavy atom. The summed E-state index contributed by atoms with van der Waals surface area (Å²) >= 11 is 6.07. The minimum absolute atomic E-state index is 0.00476. The summed E-state index contributed by atoms with van der Waals surface area (Å²) < 4.78 is 16.6. The van der Waals surface area contributed by atoms with Gasteiger partial charge in [-0.2, -0.15) is 0 Å². The second-order valence-corrected chi connectivity index (χ2v) is 9.25. The lowest BCUT2D eigenvalue weighted by Gasteiger charge is -2.37. The fourth-order valence-corrected chi connectivity index (χ4v) is 5.05. The molecule has 1 aliphatic carbocycles. The molecule has 1 N–H and O–H groups in total. The number of nitrogens with one attached hydrogen (secondary N) is 1. The van der Waals surface area contributed by atoms with E-state index in [-0.39, 0.29) is 11.7 Å². The third-order valence-corrected chi connectivity index (χ3v) is 6.83. The van der Waals surface area contributed by atoms with Crippen LogP contribution in [0.2, 0.25) is 5.02 Å². The third-order valence-electron chi connectivity index (χ3n) is 6.58. The van der Waals surface area contributed by atoms with Gasteiger partial charge in [-0.3, -0.25) is 4.79 Å². The molecular weight excluding hydrogens is 466 g/mol. The Balaban J connectivity index is 1.82. The zero-order valence-electron chi connectivity index (χ0n) is 20.4. The number of esters is 1. The molecule has 0 aromatic heterocycles. The first-order valence-electron chi connectivity index (χ1n) is 11.8. The summed E-state index contributed by atoms with van der Waals surface area (Å²) in [4.78, 5) is 27.0. The van der Waals surface area contributed by atoms with Gasteiger partial charge in [-0.15, -0.1) is 0 Å². The van der Waals surface area contributed by atoms with Gasteiger partial charge in [0.25, 0.3) is 0 Å². The highest BCUT2D eigenvalue weighted by Crippen LogP contribution is 2.48. The van der Waals surface area contributed by atoms with Crippen molar-refractivity contribution in [3.05, 3.63) is 81.2 Å². The van der Waals surface area contributed by atoms with Crippen LogP contribution in [0, 0.1) is 0 Å². The number of halogens is 1. The number of benzene rings is 2. The first kappa shape index (κ1) is 24.9. The Bertz CT molecular complexity index is 1200. The minimum atomic E-state index is -0.602. The highest BCUT2D eigenvalue weighted by molar-refractivity contribution is 6.30. The second-order valence-electron chi connectivity index (χ2n) is 8.81. The Kier molecular flexibility index (Phi) is 7.51. The number of Topliss-reactive ketones (excluding diaryl/α,β-unsaturated/α-hetero) is 1. The SMILES string of the molecule is CCCOC(=O)C1=C(C)NC2=C(C(=O)C[C@H](c3ccc(Cl)cc3)C2)[C@@H]1c1ccc(OC)cc1OC. The van der Waals surface area contributed by atoms with E-state index < -0.39 is 11.9 Å². The standard InChI is InChI=1S/C28H30ClNO5/c1-5-12-35-28(32)25-16(2)30-22-13-18(17-6-8-19(29)9-7-17)14-23(31)27(22)26(25)21-11-10-20(33-3)15-24(21)34-4/h6-11,15,18,26,30H,5,12-14H2,1-4H3/t18-,26-/m1/s1. The number of hydrogen-bond acceptors (Lipinski definition) is 6. The van der Waals surface area contributed by atoms with E-state index in [4.69, 9.17) is 25.8 Å². The van der Waals surface area contributed by atoms with Crippen LogP contribution in [-0.2, 0) is 14.3 Å². The zero-order chi connectivity index (χ0) is 25.1. The van der Waals surface area contributed by atoms with Crippen molar-refractivity contribution in [1.29, 1.82) is 0 Å². The van der Waals surface area contributed by atoms with Crippen LogP contribution in [0.1, 0.15) is 56.1 Å². The van der Waals surface area contributed by atoms with E-state index in [1.807, 2.05) is 50.2 Å². The first-order valence-corrected chi connectivity index (χ1v) is 12.1. The number of ketones is 1. The number of rotatable bonds is 7. The normalized spacial score (nSPS) is 19.7. The molecule has 2 atom stereocenters. The molecule has 0 unspecified atom stereocenters. The number of carbonyl (C=O) groups excluding carboxylic acids is 2. The molecule has 0 amide bonds. The largest absolute Gasteiger partial charge is 0.497 e. The van der Waals surface area contributed by atoms with E-state index in [9.17, 15) is 9.59 Å². The highest BCUT2D eigenvalue weighted by atomic mass is 35.5. The molecule has 7 heteroatoms. The summed E-state index contributed by atoms with van der Waals surface area (Å²) in [6, 6.07) is 13.1. The van der Waals surface area contributed by atoms with Crippen molar-refractivity contribution in [2.75, 3.05) is 20.8 Å². The van der Waals surface area contributed by atoms with Gasteiger partial charge in [0, 0.05) is 40.0 Å². The van der Waals surface area contributed by atoms with Crippen LogP contribution in [0.15, 0.2) is 65.0 Å². The molecule has 0 fully saturated rings. The van der Waals surface area contributed by atoms with Crippen molar-refractivity contribution in [2.45, 2.75) is 44.9 Å². The fraction of sp³-hybridized carbons (Fsp3) is 0.357. The van der Waals surface area contributed by atoms with Crippen LogP contribution in [0.3, 0.4) is 0 Å². The quantitative estimate of drug-likeness (QED) is 0.499. The summed E-state index contributed by atoms with van der Waals surface area (Å²) in [6.07, 6.45) is 1.69. The van der Waals surface area contributed by atoms with Crippen LogP contribution in [0.25, 0.3) is 0 Å². The number of dihydropyridines is 1. The molecular formula is C28H30ClNO5. The van der Waals surface area contributed by atoms with Crippen LogP contribution >= 0.6 is 11.6 Å². The van der Waals surface area contributed by atoms with Gasteiger partial charge in [0.05, 0.1) is 32.3 Å². The molecule has 184 valence electrons. The van der Waals surface area contributed by atoms with E-state index in [0.717, 1.165) is 16.8 Å². The molecule has 0 radical (unpaired) electrons. The lowest BCUT2D eigenvalue weighted by molar-refractivity contribution is -0.139. The second kappa shape index (κ2) is 10.6. The summed E-state index contributed by atoms with van der Waals surface area (Å²) in [7, 11) is 3.15. The molecule has 2 aromatic rings. The highest BCUT2D eigenvalue weighted by Gasteiger charge is 2.42. The van der Waals surface area contributed by atoms with Gasteiger partial charge in [0.2, 0.25) is 0 Å². The van der Waals surface area contributed by atoms with Crippen molar-refractivity contribution in [3.8, 4) is 11.5 Å². The Labute approximate surface area is 210 Å². The van der Waals surface area contributed by atoms with Gasteiger partial charge in [-0.05, 0) is 49.4 Å². The van der Waals surface area contributed by atoms with Gasteiger partial charge in [0.1, 0.15) is 11.5 Å².